The lowest BCUT2D eigenvalue weighted by Crippen LogP contribution is -1.97. The molecule has 0 aliphatic rings. The van der Waals surface area contributed by atoms with E-state index in [2.05, 4.69) is 18.8 Å². The van der Waals surface area contributed by atoms with Gasteiger partial charge in [-0.25, -0.2) is 0 Å². The lowest BCUT2D eigenvalue weighted by atomic mass is 10.2. The van der Waals surface area contributed by atoms with E-state index in [0.717, 1.165) is 6.54 Å². The topological polar surface area (TPSA) is 12.4 Å². The van der Waals surface area contributed by atoms with Crippen molar-refractivity contribution in [1.29, 1.82) is 0 Å². The Kier molecular flexibility index (Phi) is 9.02. The van der Waals surface area contributed by atoms with E-state index in [1.54, 1.807) is 0 Å². The van der Waals surface area contributed by atoms with Gasteiger partial charge >= 0.3 is 0 Å². The zero-order valence-corrected chi connectivity index (χ0v) is 8.98. The molecule has 2 heteroatoms. The van der Waals surface area contributed by atoms with E-state index in [1.807, 2.05) is 6.21 Å². The minimum Gasteiger partial charge on any atom is -0.297 e. The van der Waals surface area contributed by atoms with Crippen molar-refractivity contribution in [1.82, 2.24) is 0 Å². The van der Waals surface area contributed by atoms with Gasteiger partial charge in [-0.3, -0.25) is 4.99 Å². The van der Waals surface area contributed by atoms with E-state index >= 15 is 0 Å². The molecular formula is C10H20ClN. The third-order valence-electron chi connectivity index (χ3n) is 1.74. The fourth-order valence-corrected chi connectivity index (χ4v) is 1.00. The number of alkyl halides is 1. The lowest BCUT2D eigenvalue weighted by Gasteiger charge is -1.98. The van der Waals surface area contributed by atoms with Gasteiger partial charge in [0.05, 0.1) is 0 Å². The summed E-state index contributed by atoms with van der Waals surface area (Å²) in [7, 11) is 0. The Labute approximate surface area is 81.2 Å². The molecule has 0 spiro atoms. The monoisotopic (exact) mass is 189 g/mol. The molecule has 12 heavy (non-hydrogen) atoms. The predicted molar refractivity (Wildman–Crippen MR) is 57.4 cm³/mol. The fourth-order valence-electron chi connectivity index (χ4n) is 0.924. The molecule has 0 aliphatic carbocycles. The second-order valence-electron chi connectivity index (χ2n) is 3.25. The molecule has 0 fully saturated rings. The molecule has 0 radical (unpaired) electrons. The van der Waals surface area contributed by atoms with Crippen LogP contribution in [0.25, 0.3) is 0 Å². The zero-order valence-electron chi connectivity index (χ0n) is 8.22. The SMILES string of the molecule is CCCCCCN=CC(C)CCl. The summed E-state index contributed by atoms with van der Waals surface area (Å²) in [5.41, 5.74) is 0. The van der Waals surface area contributed by atoms with Gasteiger partial charge in [-0.2, -0.15) is 0 Å². The molecule has 72 valence electrons. The molecule has 0 amide bonds. The number of hydrogen-bond donors (Lipinski definition) is 0. The van der Waals surface area contributed by atoms with Crippen LogP contribution in [0, 0.1) is 5.92 Å². The molecule has 0 aromatic carbocycles. The number of nitrogens with zero attached hydrogens (tertiary/aromatic N) is 1. The maximum atomic E-state index is 5.62. The molecule has 0 N–H and O–H groups in total. The fraction of sp³-hybridized carbons (Fsp3) is 0.900. The predicted octanol–water partition coefficient (Wildman–Crippen LogP) is 3.51. The van der Waals surface area contributed by atoms with Crippen molar-refractivity contribution < 1.29 is 0 Å². The molecule has 0 aromatic heterocycles. The maximum Gasteiger partial charge on any atom is 0.0385 e. The van der Waals surface area contributed by atoms with Crippen molar-refractivity contribution in [2.24, 2.45) is 10.9 Å². The molecule has 0 heterocycles. The first-order chi connectivity index (χ1) is 5.81. The molecule has 0 aliphatic heterocycles. The van der Waals surface area contributed by atoms with Crippen LogP contribution in [0.15, 0.2) is 4.99 Å². The summed E-state index contributed by atoms with van der Waals surface area (Å²) in [4.78, 5) is 4.30. The molecule has 1 unspecified atom stereocenters. The van der Waals surface area contributed by atoms with Crippen molar-refractivity contribution in [3.05, 3.63) is 0 Å². The average Bonchev–Trinajstić information content (AvgIpc) is 2.10. The standard InChI is InChI=1S/C10H20ClN/c1-3-4-5-6-7-12-9-10(2)8-11/h9-10H,3-8H2,1-2H3. The quantitative estimate of drug-likeness (QED) is 0.330. The van der Waals surface area contributed by atoms with Crippen LogP contribution < -0.4 is 0 Å². The van der Waals surface area contributed by atoms with E-state index in [0.29, 0.717) is 11.8 Å². The summed E-state index contributed by atoms with van der Waals surface area (Å²) < 4.78 is 0. The summed E-state index contributed by atoms with van der Waals surface area (Å²) in [6.07, 6.45) is 7.13. The second-order valence-corrected chi connectivity index (χ2v) is 3.56. The number of hydrogen-bond acceptors (Lipinski definition) is 1. The smallest absolute Gasteiger partial charge is 0.0385 e. The van der Waals surface area contributed by atoms with E-state index in [1.165, 1.54) is 25.7 Å². The van der Waals surface area contributed by atoms with Crippen LogP contribution in [0.3, 0.4) is 0 Å². The molecule has 0 aromatic rings. The van der Waals surface area contributed by atoms with Gasteiger partial charge in [0.1, 0.15) is 0 Å². The molecule has 1 nitrogen and oxygen atoms in total. The Morgan fingerprint density at radius 2 is 2.08 bits per heavy atom. The lowest BCUT2D eigenvalue weighted by molar-refractivity contribution is 0.674. The van der Waals surface area contributed by atoms with Crippen molar-refractivity contribution in [2.75, 3.05) is 12.4 Å². The van der Waals surface area contributed by atoms with Gasteiger partial charge in [-0.05, 0) is 6.42 Å². The highest BCUT2D eigenvalue weighted by Gasteiger charge is 1.92. The summed E-state index contributed by atoms with van der Waals surface area (Å²) in [5.74, 6) is 1.11. The first-order valence-electron chi connectivity index (χ1n) is 4.87. The first kappa shape index (κ1) is 12.0. The Balaban J connectivity index is 3.12. The molecule has 0 rings (SSSR count). The second kappa shape index (κ2) is 9.05. The zero-order chi connectivity index (χ0) is 9.23. The molecule has 0 saturated heterocycles. The molecular weight excluding hydrogens is 170 g/mol. The van der Waals surface area contributed by atoms with Gasteiger partial charge < -0.3 is 0 Å². The normalized spacial score (nSPS) is 13.9. The third-order valence-corrected chi connectivity index (χ3v) is 2.23. The summed E-state index contributed by atoms with van der Waals surface area (Å²) in [6.45, 7) is 5.28. The van der Waals surface area contributed by atoms with Crippen LogP contribution in [0.1, 0.15) is 39.5 Å². The Bertz CT molecular complexity index is 112. The summed E-state index contributed by atoms with van der Waals surface area (Å²) in [6, 6.07) is 0. The van der Waals surface area contributed by atoms with Crippen molar-refractivity contribution in [3.63, 3.8) is 0 Å². The van der Waals surface area contributed by atoms with E-state index in [9.17, 15) is 0 Å². The van der Waals surface area contributed by atoms with E-state index in [4.69, 9.17) is 11.6 Å². The highest BCUT2D eigenvalue weighted by Crippen LogP contribution is 1.99. The Hall–Kier alpha value is -0.0400. The average molecular weight is 190 g/mol. The molecule has 0 saturated carbocycles. The Morgan fingerprint density at radius 1 is 1.33 bits per heavy atom. The third kappa shape index (κ3) is 8.06. The van der Waals surface area contributed by atoms with Crippen LogP contribution in [0.5, 0.6) is 0 Å². The summed E-state index contributed by atoms with van der Waals surface area (Å²) >= 11 is 5.62. The van der Waals surface area contributed by atoms with Gasteiger partial charge in [0.15, 0.2) is 0 Å². The molecule has 0 bridgehead atoms. The minimum atomic E-state index is 0.429. The minimum absolute atomic E-state index is 0.429. The summed E-state index contributed by atoms with van der Waals surface area (Å²) in [5, 5.41) is 0. The number of halogens is 1. The van der Waals surface area contributed by atoms with Crippen LogP contribution in [0.2, 0.25) is 0 Å². The molecule has 1 atom stereocenters. The van der Waals surface area contributed by atoms with Gasteiger partial charge in [0, 0.05) is 24.6 Å². The van der Waals surface area contributed by atoms with Crippen LogP contribution in [-0.4, -0.2) is 18.6 Å². The Morgan fingerprint density at radius 3 is 2.67 bits per heavy atom. The highest BCUT2D eigenvalue weighted by molar-refractivity contribution is 6.18. The van der Waals surface area contributed by atoms with Gasteiger partial charge in [0.25, 0.3) is 0 Å². The van der Waals surface area contributed by atoms with Gasteiger partial charge in [-0.1, -0.05) is 33.1 Å². The first-order valence-corrected chi connectivity index (χ1v) is 5.40. The van der Waals surface area contributed by atoms with Crippen molar-refractivity contribution in [3.8, 4) is 0 Å². The van der Waals surface area contributed by atoms with Crippen molar-refractivity contribution in [2.45, 2.75) is 39.5 Å². The van der Waals surface area contributed by atoms with Crippen LogP contribution in [0.4, 0.5) is 0 Å². The van der Waals surface area contributed by atoms with Gasteiger partial charge in [-0.15, -0.1) is 11.6 Å². The number of rotatable bonds is 7. The number of unbranched alkanes of at least 4 members (excludes halogenated alkanes) is 3. The van der Waals surface area contributed by atoms with Crippen LogP contribution in [-0.2, 0) is 0 Å². The van der Waals surface area contributed by atoms with Gasteiger partial charge in [0.2, 0.25) is 0 Å². The van der Waals surface area contributed by atoms with E-state index in [-0.39, 0.29) is 0 Å². The largest absolute Gasteiger partial charge is 0.297 e. The van der Waals surface area contributed by atoms with Crippen molar-refractivity contribution >= 4 is 17.8 Å². The maximum absolute atomic E-state index is 5.62. The van der Waals surface area contributed by atoms with Crippen LogP contribution >= 0.6 is 11.6 Å². The number of aliphatic imine (C=N–C) groups is 1. The van der Waals surface area contributed by atoms with E-state index < -0.39 is 0 Å². The highest BCUT2D eigenvalue weighted by atomic mass is 35.5.